The molecule has 0 atom stereocenters. The Hall–Kier alpha value is -2.30. The largest absolute Gasteiger partial charge is 0.496 e. The van der Waals surface area contributed by atoms with Crippen molar-refractivity contribution in [1.29, 1.82) is 0 Å². The van der Waals surface area contributed by atoms with E-state index in [0.29, 0.717) is 16.9 Å². The Morgan fingerprint density at radius 1 is 1.06 bits per heavy atom. The molecule has 0 radical (unpaired) electrons. The molecule has 2 rings (SSSR count). The number of hydrogen-bond donors (Lipinski definition) is 2. The van der Waals surface area contributed by atoms with Gasteiger partial charge in [-0.05, 0) is 6.07 Å². The molecule has 0 amide bonds. The molecule has 0 unspecified atom stereocenters. The summed E-state index contributed by atoms with van der Waals surface area (Å²) in [4.78, 5) is 4.83. The minimum atomic E-state index is -0.175. The third-order valence-corrected chi connectivity index (χ3v) is 2.49. The van der Waals surface area contributed by atoms with Gasteiger partial charge in [-0.25, -0.2) is 0 Å². The lowest BCUT2D eigenvalue weighted by molar-refractivity contribution is 0.120. The van der Waals surface area contributed by atoms with Gasteiger partial charge in [0.05, 0.1) is 12.7 Å². The summed E-state index contributed by atoms with van der Waals surface area (Å²) in [6.07, 6.45) is 0. The number of nitrogens with zero attached hydrogens (tertiary/aromatic N) is 1. The zero-order chi connectivity index (χ0) is 12.4. The molecule has 2 aromatic rings. The monoisotopic (exact) mass is 235 g/mol. The fourth-order valence-corrected chi connectivity index (χ4v) is 1.72. The van der Waals surface area contributed by atoms with Crippen LogP contribution >= 0.6 is 0 Å². The topological polar surface area (TPSA) is 63.9 Å². The average Bonchev–Trinajstić information content (AvgIpc) is 2.64. The van der Waals surface area contributed by atoms with Crippen LogP contribution in [0.4, 0.5) is 0 Å². The summed E-state index contributed by atoms with van der Waals surface area (Å²) in [5, 5.41) is 19.5. The second kappa shape index (κ2) is 4.29. The number of methoxy groups -OCH3 is 1. The Labute approximate surface area is 98.4 Å². The van der Waals surface area contributed by atoms with Crippen LogP contribution < -0.4 is 9.57 Å². The van der Waals surface area contributed by atoms with Crippen molar-refractivity contribution in [2.45, 2.75) is 0 Å². The number of aromatic nitrogens is 1. The van der Waals surface area contributed by atoms with Crippen LogP contribution in [0.15, 0.2) is 30.3 Å². The van der Waals surface area contributed by atoms with Crippen molar-refractivity contribution >= 4 is 0 Å². The van der Waals surface area contributed by atoms with Crippen molar-refractivity contribution in [2.75, 3.05) is 14.2 Å². The summed E-state index contributed by atoms with van der Waals surface area (Å²) >= 11 is 0. The molecular weight excluding hydrogens is 222 g/mol. The van der Waals surface area contributed by atoms with E-state index in [1.165, 1.54) is 13.2 Å². The molecule has 1 heterocycles. The van der Waals surface area contributed by atoms with Gasteiger partial charge in [-0.2, -0.15) is 0 Å². The summed E-state index contributed by atoms with van der Waals surface area (Å²) in [7, 11) is 2.90. The predicted octanol–water partition coefficient (Wildman–Crippen LogP) is 1.63. The Bertz CT molecular complexity index is 533. The van der Waals surface area contributed by atoms with E-state index >= 15 is 0 Å². The molecule has 5 nitrogen and oxygen atoms in total. The lowest BCUT2D eigenvalue weighted by Gasteiger charge is -2.07. The number of para-hydroxylation sites is 1. The van der Waals surface area contributed by atoms with Crippen molar-refractivity contribution in [3.05, 3.63) is 30.3 Å². The first-order valence-corrected chi connectivity index (χ1v) is 5.00. The first-order valence-electron chi connectivity index (χ1n) is 5.00. The second-order valence-corrected chi connectivity index (χ2v) is 3.42. The van der Waals surface area contributed by atoms with Crippen molar-refractivity contribution in [3.63, 3.8) is 0 Å². The molecule has 5 heteroatoms. The summed E-state index contributed by atoms with van der Waals surface area (Å²) in [5.41, 5.74) is 1.13. The first kappa shape index (κ1) is 11.2. The number of rotatable bonds is 3. The van der Waals surface area contributed by atoms with Crippen molar-refractivity contribution < 1.29 is 19.8 Å². The van der Waals surface area contributed by atoms with Gasteiger partial charge in [-0.3, -0.25) is 0 Å². The summed E-state index contributed by atoms with van der Waals surface area (Å²) < 4.78 is 6.13. The highest BCUT2D eigenvalue weighted by Gasteiger charge is 2.18. The van der Waals surface area contributed by atoms with E-state index in [9.17, 15) is 10.2 Å². The van der Waals surface area contributed by atoms with E-state index in [1.54, 1.807) is 19.2 Å². The highest BCUT2D eigenvalue weighted by molar-refractivity contribution is 5.76. The van der Waals surface area contributed by atoms with Crippen molar-refractivity contribution in [1.82, 2.24) is 4.73 Å². The molecule has 0 spiro atoms. The van der Waals surface area contributed by atoms with E-state index in [2.05, 4.69) is 0 Å². The Kier molecular flexibility index (Phi) is 2.82. The van der Waals surface area contributed by atoms with E-state index in [4.69, 9.17) is 9.57 Å². The second-order valence-electron chi connectivity index (χ2n) is 3.42. The van der Waals surface area contributed by atoms with Crippen LogP contribution in [0.3, 0.4) is 0 Å². The maximum Gasteiger partial charge on any atom is 0.237 e. The minimum absolute atomic E-state index is 0.172. The van der Waals surface area contributed by atoms with Crippen molar-refractivity contribution in [2.24, 2.45) is 0 Å². The van der Waals surface area contributed by atoms with E-state index in [0.717, 1.165) is 4.73 Å². The first-order chi connectivity index (χ1) is 8.19. The lowest BCUT2D eigenvalue weighted by Crippen LogP contribution is -2.03. The summed E-state index contributed by atoms with van der Waals surface area (Å²) in [5.74, 6) is 0.261. The van der Waals surface area contributed by atoms with Crippen LogP contribution in [-0.4, -0.2) is 29.2 Å². The van der Waals surface area contributed by atoms with E-state index in [1.807, 2.05) is 12.1 Å². The number of hydrogen-bond acceptors (Lipinski definition) is 4. The quantitative estimate of drug-likeness (QED) is 0.848. The fraction of sp³-hybridized carbons (Fsp3) is 0.167. The molecule has 0 aliphatic rings. The van der Waals surface area contributed by atoms with Gasteiger partial charge >= 0.3 is 0 Å². The van der Waals surface area contributed by atoms with Crippen LogP contribution in [0.1, 0.15) is 0 Å². The number of ether oxygens (including phenoxy) is 1. The summed E-state index contributed by atoms with van der Waals surface area (Å²) in [6.45, 7) is 0. The van der Waals surface area contributed by atoms with E-state index < -0.39 is 0 Å². The van der Waals surface area contributed by atoms with Gasteiger partial charge in [-0.1, -0.05) is 18.2 Å². The zero-order valence-electron chi connectivity index (χ0n) is 9.54. The maximum atomic E-state index is 9.91. The molecular formula is C12H13NO4. The predicted molar refractivity (Wildman–Crippen MR) is 62.3 cm³/mol. The highest BCUT2D eigenvalue weighted by Crippen LogP contribution is 2.39. The van der Waals surface area contributed by atoms with Crippen LogP contribution in [0.25, 0.3) is 11.1 Å². The van der Waals surface area contributed by atoms with Gasteiger partial charge in [0.15, 0.2) is 0 Å². The third-order valence-electron chi connectivity index (χ3n) is 2.49. The molecule has 2 N–H and O–H groups in total. The van der Waals surface area contributed by atoms with Gasteiger partial charge in [0.1, 0.15) is 12.9 Å². The van der Waals surface area contributed by atoms with Gasteiger partial charge < -0.3 is 19.8 Å². The Balaban J connectivity index is 2.61. The molecule has 1 aromatic heterocycles. The average molecular weight is 235 g/mol. The molecule has 0 bridgehead atoms. The number of benzene rings is 1. The van der Waals surface area contributed by atoms with Gasteiger partial charge in [0.25, 0.3) is 0 Å². The van der Waals surface area contributed by atoms with Crippen LogP contribution in [0, 0.1) is 0 Å². The molecule has 17 heavy (non-hydrogen) atoms. The van der Waals surface area contributed by atoms with Crippen molar-refractivity contribution in [3.8, 4) is 28.6 Å². The summed E-state index contributed by atoms with van der Waals surface area (Å²) in [6, 6.07) is 8.62. The zero-order valence-corrected chi connectivity index (χ0v) is 9.54. The van der Waals surface area contributed by atoms with Crippen LogP contribution in [0.2, 0.25) is 0 Å². The molecule has 0 saturated heterocycles. The third kappa shape index (κ3) is 1.75. The highest BCUT2D eigenvalue weighted by atomic mass is 16.7. The lowest BCUT2D eigenvalue weighted by atomic mass is 10.1. The molecule has 0 fully saturated rings. The van der Waals surface area contributed by atoms with Gasteiger partial charge in [0, 0.05) is 11.6 Å². The van der Waals surface area contributed by atoms with Gasteiger partial charge in [0.2, 0.25) is 11.8 Å². The van der Waals surface area contributed by atoms with Crippen LogP contribution in [-0.2, 0) is 0 Å². The number of aromatic hydroxyl groups is 2. The normalized spacial score (nSPS) is 10.2. The van der Waals surface area contributed by atoms with Gasteiger partial charge in [-0.15, -0.1) is 4.73 Å². The fourth-order valence-electron chi connectivity index (χ4n) is 1.72. The van der Waals surface area contributed by atoms with E-state index in [-0.39, 0.29) is 11.8 Å². The smallest absolute Gasteiger partial charge is 0.237 e. The standard InChI is InChI=1S/C12H13NO4/c1-16-10-6-4-3-5-8(10)9-7-11(14)13(17-2)12(9)15/h3-7,14-15H,1-2H3. The Morgan fingerprint density at radius 2 is 1.76 bits per heavy atom. The SMILES string of the molecule is COc1ccccc1-c1cc(O)n(OC)c1O. The van der Waals surface area contributed by atoms with Crippen LogP contribution in [0.5, 0.6) is 17.5 Å². The molecule has 0 aliphatic carbocycles. The minimum Gasteiger partial charge on any atom is -0.496 e. The molecule has 0 saturated carbocycles. The maximum absolute atomic E-state index is 9.91. The molecule has 0 aliphatic heterocycles. The molecule has 1 aromatic carbocycles. The Morgan fingerprint density at radius 3 is 2.35 bits per heavy atom. The molecule has 90 valence electrons.